The van der Waals surface area contributed by atoms with Gasteiger partial charge in [0.15, 0.2) is 0 Å². The zero-order chi connectivity index (χ0) is 32.7. The van der Waals surface area contributed by atoms with E-state index < -0.39 is 11.9 Å². The minimum atomic E-state index is -0.570. The first-order valence-corrected chi connectivity index (χ1v) is 17.1. The number of carbonyl (C=O) groups is 3. The first-order chi connectivity index (χ1) is 22.6. The molecule has 3 aromatic rings. The van der Waals surface area contributed by atoms with Gasteiger partial charge in [-0.1, -0.05) is 133 Å². The molecule has 0 heterocycles. The molecule has 1 amide bonds. The Kier molecular flexibility index (Phi) is 17.5. The van der Waals surface area contributed by atoms with Crippen molar-refractivity contribution in [3.05, 3.63) is 95.6 Å². The summed E-state index contributed by atoms with van der Waals surface area (Å²) >= 11 is 0. The van der Waals surface area contributed by atoms with E-state index in [4.69, 9.17) is 9.47 Å². The van der Waals surface area contributed by atoms with Gasteiger partial charge in [0.25, 0.3) is 0 Å². The summed E-state index contributed by atoms with van der Waals surface area (Å²) in [5, 5.41) is 4.09. The van der Waals surface area contributed by atoms with Crippen LogP contribution in [-0.4, -0.2) is 24.1 Å². The highest BCUT2D eigenvalue weighted by Gasteiger charge is 2.15. The highest BCUT2D eigenvalue weighted by molar-refractivity contribution is 5.94. The molecule has 0 saturated heterocycles. The van der Waals surface area contributed by atoms with Crippen molar-refractivity contribution in [3.63, 3.8) is 0 Å². The number of amides is 1. The van der Waals surface area contributed by atoms with Gasteiger partial charge in [0.05, 0.1) is 17.3 Å². The van der Waals surface area contributed by atoms with E-state index in [9.17, 15) is 14.4 Å². The van der Waals surface area contributed by atoms with Crippen LogP contribution in [0, 0.1) is 0 Å². The van der Waals surface area contributed by atoms with Gasteiger partial charge in [-0.05, 0) is 42.8 Å². The number of nitrogens with zero attached hydrogens (tertiary/aromatic N) is 1. The molecule has 0 aromatic heterocycles. The summed E-state index contributed by atoms with van der Waals surface area (Å²) in [4.78, 5) is 37.7. The van der Waals surface area contributed by atoms with Crippen molar-refractivity contribution in [1.82, 2.24) is 5.43 Å². The molecule has 0 aliphatic carbocycles. The van der Waals surface area contributed by atoms with Crippen molar-refractivity contribution in [1.29, 1.82) is 0 Å². The molecule has 0 unspecified atom stereocenters. The zero-order valence-corrected chi connectivity index (χ0v) is 27.4. The van der Waals surface area contributed by atoms with Gasteiger partial charge in [0.1, 0.15) is 11.5 Å². The van der Waals surface area contributed by atoms with Crippen LogP contribution in [0.1, 0.15) is 136 Å². The van der Waals surface area contributed by atoms with Gasteiger partial charge in [-0.25, -0.2) is 15.0 Å². The molecular formula is C39H50N2O5. The summed E-state index contributed by atoms with van der Waals surface area (Å²) in [6.07, 6.45) is 20.9. The largest absolute Gasteiger partial charge is 0.423 e. The summed E-state index contributed by atoms with van der Waals surface area (Å²) in [6.45, 7) is 2.26. The van der Waals surface area contributed by atoms with Crippen molar-refractivity contribution in [2.45, 2.75) is 110 Å². The molecule has 0 aliphatic rings. The van der Waals surface area contributed by atoms with Crippen LogP contribution < -0.4 is 14.9 Å². The normalized spacial score (nSPS) is 11.0. The monoisotopic (exact) mass is 626 g/mol. The van der Waals surface area contributed by atoms with Gasteiger partial charge >= 0.3 is 11.9 Å². The number of ether oxygens (including phenoxy) is 2. The van der Waals surface area contributed by atoms with Crippen LogP contribution >= 0.6 is 0 Å². The molecule has 0 fully saturated rings. The molecular weight excluding hydrogens is 576 g/mol. The smallest absolute Gasteiger partial charge is 0.343 e. The Morgan fingerprint density at radius 3 is 1.61 bits per heavy atom. The summed E-state index contributed by atoms with van der Waals surface area (Å²) in [5.41, 5.74) is 3.77. The molecule has 7 heteroatoms. The Labute approximate surface area is 274 Å². The van der Waals surface area contributed by atoms with Gasteiger partial charge < -0.3 is 9.47 Å². The summed E-state index contributed by atoms with van der Waals surface area (Å²) in [6, 6.07) is 21.9. The van der Waals surface area contributed by atoms with Crippen molar-refractivity contribution in [2.75, 3.05) is 0 Å². The van der Waals surface area contributed by atoms with Crippen LogP contribution in [0.2, 0.25) is 0 Å². The molecule has 1 N–H and O–H groups in total. The van der Waals surface area contributed by atoms with Crippen LogP contribution in [0.15, 0.2) is 84.0 Å². The minimum absolute atomic E-state index is 0.146. The van der Waals surface area contributed by atoms with E-state index >= 15 is 0 Å². The molecule has 3 aromatic carbocycles. The van der Waals surface area contributed by atoms with Crippen molar-refractivity contribution >= 4 is 24.1 Å². The Morgan fingerprint density at radius 2 is 1.09 bits per heavy atom. The average Bonchev–Trinajstić information content (AvgIpc) is 3.08. The Bertz CT molecular complexity index is 1340. The van der Waals surface area contributed by atoms with Crippen molar-refractivity contribution < 1.29 is 23.9 Å². The van der Waals surface area contributed by atoms with E-state index in [0.29, 0.717) is 23.1 Å². The Balaban J connectivity index is 1.39. The van der Waals surface area contributed by atoms with Gasteiger partial charge in [0.2, 0.25) is 5.91 Å². The zero-order valence-electron chi connectivity index (χ0n) is 27.4. The van der Waals surface area contributed by atoms with Crippen LogP contribution in [0.4, 0.5) is 0 Å². The third kappa shape index (κ3) is 14.7. The third-order valence-electron chi connectivity index (χ3n) is 7.82. The summed E-state index contributed by atoms with van der Waals surface area (Å²) < 4.78 is 11.1. The molecule has 0 aliphatic heterocycles. The average molecular weight is 627 g/mol. The lowest BCUT2D eigenvalue weighted by molar-refractivity contribution is -0.121. The number of carbonyl (C=O) groups excluding carboxylic acids is 3. The topological polar surface area (TPSA) is 94.1 Å². The standard InChI is InChI=1S/C39H50N2O5/c1-2-3-4-5-6-7-8-9-10-11-12-13-14-15-22-27-37(42)41-40-31-34-28-29-35(45-38(43)32-23-18-16-19-24-32)30-36(34)46-39(44)33-25-20-17-21-26-33/h16-21,23-26,28-31H,2-15,22,27H2,1H3,(H,41,42)/b40-31+. The maximum absolute atomic E-state index is 12.8. The Morgan fingerprint density at radius 1 is 0.609 bits per heavy atom. The van der Waals surface area contributed by atoms with Crippen LogP contribution in [0.3, 0.4) is 0 Å². The fourth-order valence-electron chi connectivity index (χ4n) is 5.13. The number of hydrazone groups is 1. The second-order valence-corrected chi connectivity index (χ2v) is 11.7. The number of rotatable bonds is 22. The SMILES string of the molecule is CCCCCCCCCCCCCCCCCC(=O)N/N=C/c1ccc(OC(=O)c2ccccc2)cc1OC(=O)c1ccccc1. The molecule has 46 heavy (non-hydrogen) atoms. The first-order valence-electron chi connectivity index (χ1n) is 17.1. The lowest BCUT2D eigenvalue weighted by atomic mass is 10.0. The van der Waals surface area contributed by atoms with E-state index in [1.807, 2.05) is 6.07 Å². The molecule has 246 valence electrons. The maximum Gasteiger partial charge on any atom is 0.343 e. The maximum atomic E-state index is 12.8. The third-order valence-corrected chi connectivity index (χ3v) is 7.82. The summed E-state index contributed by atoms with van der Waals surface area (Å²) in [7, 11) is 0. The number of hydrogen-bond acceptors (Lipinski definition) is 6. The predicted molar refractivity (Wildman–Crippen MR) is 185 cm³/mol. The van der Waals surface area contributed by atoms with E-state index in [2.05, 4.69) is 17.5 Å². The first kappa shape index (κ1) is 36.2. The van der Waals surface area contributed by atoms with Crippen LogP contribution in [0.25, 0.3) is 0 Å². The van der Waals surface area contributed by atoms with E-state index in [0.717, 1.165) is 19.3 Å². The quantitative estimate of drug-likeness (QED) is 0.0394. The lowest BCUT2D eigenvalue weighted by Gasteiger charge is -2.10. The highest BCUT2D eigenvalue weighted by Crippen LogP contribution is 2.26. The van der Waals surface area contributed by atoms with E-state index in [1.54, 1.807) is 66.7 Å². The molecule has 0 saturated carbocycles. The lowest BCUT2D eigenvalue weighted by Crippen LogP contribution is -2.17. The number of hydrogen-bond donors (Lipinski definition) is 1. The van der Waals surface area contributed by atoms with Crippen molar-refractivity contribution in [2.24, 2.45) is 5.10 Å². The molecule has 0 radical (unpaired) electrons. The van der Waals surface area contributed by atoms with Crippen LogP contribution in [-0.2, 0) is 4.79 Å². The Hall–Kier alpha value is -4.26. The van der Waals surface area contributed by atoms with Gasteiger partial charge in [0, 0.05) is 18.1 Å². The molecule has 3 rings (SSSR count). The minimum Gasteiger partial charge on any atom is -0.423 e. The van der Waals surface area contributed by atoms with Gasteiger partial charge in [-0.2, -0.15) is 5.10 Å². The number of unbranched alkanes of at least 4 members (excludes halogenated alkanes) is 14. The number of nitrogens with one attached hydrogen (secondary N) is 1. The van der Waals surface area contributed by atoms with Crippen LogP contribution in [0.5, 0.6) is 11.5 Å². The molecule has 0 spiro atoms. The van der Waals surface area contributed by atoms with Gasteiger partial charge in [-0.15, -0.1) is 0 Å². The molecule has 0 bridgehead atoms. The second-order valence-electron chi connectivity index (χ2n) is 11.7. The van der Waals surface area contributed by atoms with Gasteiger partial charge in [-0.3, -0.25) is 4.79 Å². The number of esters is 2. The highest BCUT2D eigenvalue weighted by atomic mass is 16.5. The second kappa shape index (κ2) is 22.3. The fraction of sp³-hybridized carbons (Fsp3) is 0.436. The molecule has 7 nitrogen and oxygen atoms in total. The summed E-state index contributed by atoms with van der Waals surface area (Å²) in [5.74, 6) is -0.915. The molecule has 0 atom stereocenters. The predicted octanol–water partition coefficient (Wildman–Crippen LogP) is 9.84. The van der Waals surface area contributed by atoms with E-state index in [-0.39, 0.29) is 17.4 Å². The van der Waals surface area contributed by atoms with Crippen molar-refractivity contribution in [3.8, 4) is 11.5 Å². The van der Waals surface area contributed by atoms with E-state index in [1.165, 1.54) is 89.3 Å². The fourth-order valence-corrected chi connectivity index (χ4v) is 5.13. The number of benzene rings is 3.